The molecule has 1 aliphatic rings. The minimum atomic E-state index is 0.0929. The van der Waals surface area contributed by atoms with Crippen LogP contribution in [-0.4, -0.2) is 42.6 Å². The van der Waals surface area contributed by atoms with E-state index in [9.17, 15) is 4.79 Å². The molecule has 4 nitrogen and oxygen atoms in total. The first-order valence-electron chi connectivity index (χ1n) is 7.97. The topological polar surface area (TPSA) is 45.3 Å². The summed E-state index contributed by atoms with van der Waals surface area (Å²) in [5.74, 6) is 0.767. The maximum atomic E-state index is 12.9. The highest BCUT2D eigenvalue weighted by Crippen LogP contribution is 2.31. The molecule has 4 heteroatoms. The smallest absolute Gasteiger partial charge is 0.270 e. The van der Waals surface area contributed by atoms with Crippen LogP contribution in [0.4, 0.5) is 0 Å². The number of amides is 1. The molecule has 1 heterocycles. The Balaban J connectivity index is 1.89. The summed E-state index contributed by atoms with van der Waals surface area (Å²) in [6, 6.07) is 6.26. The number of carbonyl (C=O) groups is 1. The summed E-state index contributed by atoms with van der Waals surface area (Å²) in [7, 11) is 1.68. The van der Waals surface area contributed by atoms with Crippen LogP contribution < -0.4 is 0 Å². The molecule has 22 heavy (non-hydrogen) atoms. The molecule has 0 atom stereocenters. The molecule has 0 unspecified atom stereocenters. The second-order valence-electron chi connectivity index (χ2n) is 6.36. The Morgan fingerprint density at radius 1 is 1.36 bits per heavy atom. The van der Waals surface area contributed by atoms with Gasteiger partial charge in [-0.05, 0) is 50.3 Å². The van der Waals surface area contributed by atoms with Crippen molar-refractivity contribution in [3.05, 3.63) is 35.0 Å². The number of H-pyrrole nitrogens is 1. The average Bonchev–Trinajstić information content (AvgIpc) is 3.27. The Bertz CT molecular complexity index is 686. The molecule has 2 aromatic rings. The third-order valence-corrected chi connectivity index (χ3v) is 4.46. The number of hydrogen-bond acceptors (Lipinski definition) is 2. The van der Waals surface area contributed by atoms with Crippen LogP contribution in [-0.2, 0) is 4.74 Å². The highest BCUT2D eigenvalue weighted by molar-refractivity contribution is 6.01. The number of fused-ring (bicyclic) bond motifs is 1. The third kappa shape index (κ3) is 3.02. The Kier molecular flexibility index (Phi) is 4.21. The van der Waals surface area contributed by atoms with Crippen LogP contribution >= 0.6 is 0 Å². The van der Waals surface area contributed by atoms with Crippen molar-refractivity contribution in [1.82, 2.24) is 9.88 Å². The summed E-state index contributed by atoms with van der Waals surface area (Å²) < 4.78 is 5.16. The van der Waals surface area contributed by atoms with Gasteiger partial charge in [0.05, 0.1) is 6.61 Å². The first kappa shape index (κ1) is 15.1. The molecule has 0 spiro atoms. The zero-order chi connectivity index (χ0) is 15.7. The zero-order valence-electron chi connectivity index (χ0n) is 13.6. The van der Waals surface area contributed by atoms with Crippen LogP contribution in [0.1, 0.15) is 34.5 Å². The van der Waals surface area contributed by atoms with Gasteiger partial charge in [0.1, 0.15) is 5.69 Å². The van der Waals surface area contributed by atoms with Gasteiger partial charge in [-0.3, -0.25) is 4.79 Å². The molecule has 3 rings (SSSR count). The lowest BCUT2D eigenvalue weighted by Gasteiger charge is -2.22. The molecule has 1 aliphatic carbocycles. The third-order valence-electron chi connectivity index (χ3n) is 4.46. The van der Waals surface area contributed by atoms with Gasteiger partial charge in [0.2, 0.25) is 0 Å². The highest BCUT2D eigenvalue weighted by atomic mass is 16.5. The van der Waals surface area contributed by atoms with E-state index in [0.717, 1.165) is 28.7 Å². The molecule has 0 aliphatic heterocycles. The van der Waals surface area contributed by atoms with E-state index in [0.29, 0.717) is 19.1 Å². The summed E-state index contributed by atoms with van der Waals surface area (Å²) in [6.07, 6.45) is 2.48. The molecule has 1 N–H and O–H groups in total. The summed E-state index contributed by atoms with van der Waals surface area (Å²) in [5.41, 5.74) is 4.01. The molecular weight excluding hydrogens is 276 g/mol. The average molecular weight is 300 g/mol. The Hall–Kier alpha value is -1.81. The summed E-state index contributed by atoms with van der Waals surface area (Å²) in [6.45, 7) is 6.18. The van der Waals surface area contributed by atoms with Crippen molar-refractivity contribution < 1.29 is 9.53 Å². The molecule has 0 bridgehead atoms. The number of benzene rings is 1. The number of methoxy groups -OCH3 is 1. The van der Waals surface area contributed by atoms with Gasteiger partial charge in [-0.1, -0.05) is 11.6 Å². The molecule has 0 saturated heterocycles. The number of nitrogens with zero attached hydrogens (tertiary/aromatic N) is 1. The van der Waals surface area contributed by atoms with E-state index < -0.39 is 0 Å². The van der Waals surface area contributed by atoms with E-state index >= 15 is 0 Å². The number of hydrogen-bond donors (Lipinski definition) is 1. The molecule has 1 amide bonds. The largest absolute Gasteiger partial charge is 0.383 e. The summed E-state index contributed by atoms with van der Waals surface area (Å²) in [4.78, 5) is 18.2. The highest BCUT2D eigenvalue weighted by Gasteiger charge is 2.28. The molecule has 118 valence electrons. The maximum absolute atomic E-state index is 12.9. The van der Waals surface area contributed by atoms with Gasteiger partial charge in [-0.15, -0.1) is 0 Å². The van der Waals surface area contributed by atoms with Crippen LogP contribution in [0.25, 0.3) is 10.9 Å². The number of nitrogens with one attached hydrogen (secondary N) is 1. The van der Waals surface area contributed by atoms with Crippen molar-refractivity contribution in [1.29, 1.82) is 0 Å². The molecule has 0 radical (unpaired) electrons. The van der Waals surface area contributed by atoms with Crippen LogP contribution in [0.2, 0.25) is 0 Å². The number of carbonyl (C=O) groups excluding carboxylic acids is 1. The fraction of sp³-hybridized carbons (Fsp3) is 0.500. The monoisotopic (exact) mass is 300 g/mol. The molecule has 1 aromatic heterocycles. The lowest BCUT2D eigenvalue weighted by molar-refractivity contribution is 0.0680. The number of rotatable bonds is 6. The Morgan fingerprint density at radius 3 is 2.82 bits per heavy atom. The zero-order valence-corrected chi connectivity index (χ0v) is 13.6. The lowest BCUT2D eigenvalue weighted by Crippen LogP contribution is -2.36. The van der Waals surface area contributed by atoms with E-state index in [1.807, 2.05) is 11.8 Å². The Labute approximate surface area is 131 Å². The SMILES string of the molecule is COCCN(CC1CC1)C(=O)c1[nH]c2ccc(C)cc2c1C. The first-order chi connectivity index (χ1) is 10.6. The van der Waals surface area contributed by atoms with Gasteiger partial charge in [-0.25, -0.2) is 0 Å². The minimum absolute atomic E-state index is 0.0929. The summed E-state index contributed by atoms with van der Waals surface area (Å²) in [5, 5.41) is 1.14. The first-order valence-corrected chi connectivity index (χ1v) is 7.97. The number of aromatic amines is 1. The predicted octanol–water partition coefficient (Wildman–Crippen LogP) is 3.28. The van der Waals surface area contributed by atoms with E-state index in [-0.39, 0.29) is 5.91 Å². The van der Waals surface area contributed by atoms with Crippen LogP contribution in [0.5, 0.6) is 0 Å². The van der Waals surface area contributed by atoms with Crippen LogP contribution in [0, 0.1) is 19.8 Å². The van der Waals surface area contributed by atoms with Gasteiger partial charge in [0.25, 0.3) is 5.91 Å². The van der Waals surface area contributed by atoms with E-state index in [4.69, 9.17) is 4.74 Å². The normalized spacial score (nSPS) is 14.5. The number of ether oxygens (including phenoxy) is 1. The van der Waals surface area contributed by atoms with Crippen molar-refractivity contribution in [3.63, 3.8) is 0 Å². The van der Waals surface area contributed by atoms with Gasteiger partial charge in [-0.2, -0.15) is 0 Å². The fourth-order valence-electron chi connectivity index (χ4n) is 2.90. The Morgan fingerprint density at radius 2 is 2.14 bits per heavy atom. The molecular formula is C18H24N2O2. The molecule has 1 saturated carbocycles. The van der Waals surface area contributed by atoms with Crippen molar-refractivity contribution in [2.24, 2.45) is 5.92 Å². The second kappa shape index (κ2) is 6.13. The van der Waals surface area contributed by atoms with Crippen molar-refractivity contribution in [2.75, 3.05) is 26.8 Å². The lowest BCUT2D eigenvalue weighted by atomic mass is 10.1. The molecule has 1 aromatic carbocycles. The number of aryl methyl sites for hydroxylation is 2. The van der Waals surface area contributed by atoms with E-state index in [1.54, 1.807) is 7.11 Å². The van der Waals surface area contributed by atoms with Gasteiger partial charge in [0, 0.05) is 31.1 Å². The van der Waals surface area contributed by atoms with Crippen molar-refractivity contribution in [3.8, 4) is 0 Å². The van der Waals surface area contributed by atoms with Crippen LogP contribution in [0.15, 0.2) is 18.2 Å². The van der Waals surface area contributed by atoms with Gasteiger partial charge in [0.15, 0.2) is 0 Å². The second-order valence-corrected chi connectivity index (χ2v) is 6.36. The number of aromatic nitrogens is 1. The maximum Gasteiger partial charge on any atom is 0.270 e. The van der Waals surface area contributed by atoms with Crippen molar-refractivity contribution in [2.45, 2.75) is 26.7 Å². The van der Waals surface area contributed by atoms with E-state index in [1.165, 1.54) is 18.4 Å². The van der Waals surface area contributed by atoms with Gasteiger partial charge < -0.3 is 14.6 Å². The molecule has 1 fully saturated rings. The fourth-order valence-corrected chi connectivity index (χ4v) is 2.90. The quantitative estimate of drug-likeness (QED) is 0.890. The van der Waals surface area contributed by atoms with Crippen molar-refractivity contribution >= 4 is 16.8 Å². The van der Waals surface area contributed by atoms with Gasteiger partial charge >= 0.3 is 0 Å². The van der Waals surface area contributed by atoms with E-state index in [2.05, 4.69) is 30.1 Å². The predicted molar refractivity (Wildman–Crippen MR) is 88.3 cm³/mol. The van der Waals surface area contributed by atoms with Crippen LogP contribution in [0.3, 0.4) is 0 Å². The minimum Gasteiger partial charge on any atom is -0.383 e. The standard InChI is InChI=1S/C18H24N2O2/c1-12-4-7-16-15(10-12)13(2)17(19-16)18(21)20(8-9-22-3)11-14-5-6-14/h4,7,10,14,19H,5-6,8-9,11H2,1-3H3. The summed E-state index contributed by atoms with van der Waals surface area (Å²) >= 11 is 0.